The Morgan fingerprint density at radius 1 is 1.18 bits per heavy atom. The number of hydrogen-bond acceptors (Lipinski definition) is 3. The first-order chi connectivity index (χ1) is 10.8. The monoisotopic (exact) mass is 296 g/mol. The molecular formula is C18H20N2O2. The van der Waals surface area contributed by atoms with Gasteiger partial charge in [-0.3, -0.25) is 4.79 Å². The van der Waals surface area contributed by atoms with Gasteiger partial charge in [-0.25, -0.2) is 5.43 Å². The average Bonchev–Trinajstić information content (AvgIpc) is 2.54. The van der Waals surface area contributed by atoms with E-state index in [2.05, 4.69) is 17.5 Å². The molecule has 0 saturated heterocycles. The van der Waals surface area contributed by atoms with Gasteiger partial charge in [-0.05, 0) is 29.7 Å². The molecule has 0 unspecified atom stereocenters. The van der Waals surface area contributed by atoms with Gasteiger partial charge in [-0.15, -0.1) is 0 Å². The Hall–Kier alpha value is -2.62. The van der Waals surface area contributed by atoms with E-state index in [0.717, 1.165) is 23.3 Å². The van der Waals surface area contributed by atoms with Crippen LogP contribution in [0.2, 0.25) is 0 Å². The highest BCUT2D eigenvalue weighted by Crippen LogP contribution is 2.12. The first-order valence-electron chi connectivity index (χ1n) is 7.36. The van der Waals surface area contributed by atoms with E-state index in [4.69, 9.17) is 4.74 Å². The molecule has 1 amide bonds. The SMILES string of the molecule is CCCOc1cccc(/C=N\NC(=O)Cc2ccccc2)c1. The predicted octanol–water partition coefficient (Wildman–Crippen LogP) is 3.17. The fourth-order valence-electron chi connectivity index (χ4n) is 1.90. The minimum Gasteiger partial charge on any atom is -0.494 e. The van der Waals surface area contributed by atoms with E-state index < -0.39 is 0 Å². The third-order valence-electron chi connectivity index (χ3n) is 2.94. The van der Waals surface area contributed by atoms with Crippen LogP contribution in [-0.2, 0) is 11.2 Å². The van der Waals surface area contributed by atoms with Crippen LogP contribution in [0.3, 0.4) is 0 Å². The molecular weight excluding hydrogens is 276 g/mol. The molecule has 0 aliphatic rings. The largest absolute Gasteiger partial charge is 0.494 e. The van der Waals surface area contributed by atoms with Crippen molar-refractivity contribution in [3.8, 4) is 5.75 Å². The van der Waals surface area contributed by atoms with Crippen LogP contribution in [-0.4, -0.2) is 18.7 Å². The Kier molecular flexibility index (Phi) is 6.18. The summed E-state index contributed by atoms with van der Waals surface area (Å²) in [6.07, 6.45) is 2.90. The highest BCUT2D eigenvalue weighted by molar-refractivity contribution is 5.83. The van der Waals surface area contributed by atoms with Crippen molar-refractivity contribution in [1.82, 2.24) is 5.43 Å². The van der Waals surface area contributed by atoms with Gasteiger partial charge in [0.05, 0.1) is 19.2 Å². The van der Waals surface area contributed by atoms with E-state index in [0.29, 0.717) is 13.0 Å². The van der Waals surface area contributed by atoms with Gasteiger partial charge < -0.3 is 4.74 Å². The first-order valence-corrected chi connectivity index (χ1v) is 7.36. The molecule has 22 heavy (non-hydrogen) atoms. The van der Waals surface area contributed by atoms with Gasteiger partial charge in [0, 0.05) is 0 Å². The standard InChI is InChI=1S/C18H20N2O2/c1-2-11-22-17-10-6-9-16(12-17)14-19-20-18(21)13-15-7-4-3-5-8-15/h3-10,12,14H,2,11,13H2,1H3,(H,20,21)/b19-14-. The van der Waals surface area contributed by atoms with Gasteiger partial charge in [0.15, 0.2) is 0 Å². The van der Waals surface area contributed by atoms with Gasteiger partial charge in [-0.2, -0.15) is 5.10 Å². The first kappa shape index (κ1) is 15.8. The molecule has 0 heterocycles. The molecule has 0 spiro atoms. The summed E-state index contributed by atoms with van der Waals surface area (Å²) in [5.74, 6) is 0.669. The van der Waals surface area contributed by atoms with Crippen LogP contribution in [0, 0.1) is 0 Å². The van der Waals surface area contributed by atoms with Crippen LogP contribution in [0.15, 0.2) is 59.7 Å². The molecule has 1 N–H and O–H groups in total. The topological polar surface area (TPSA) is 50.7 Å². The second-order valence-corrected chi connectivity index (χ2v) is 4.88. The molecule has 114 valence electrons. The number of carbonyl (C=O) groups excluding carboxylic acids is 1. The van der Waals surface area contributed by atoms with Crippen LogP contribution >= 0.6 is 0 Å². The van der Waals surface area contributed by atoms with Gasteiger partial charge >= 0.3 is 0 Å². The number of nitrogens with one attached hydrogen (secondary N) is 1. The fourth-order valence-corrected chi connectivity index (χ4v) is 1.90. The van der Waals surface area contributed by atoms with Crippen molar-refractivity contribution in [1.29, 1.82) is 0 Å². The summed E-state index contributed by atoms with van der Waals surface area (Å²) in [4.78, 5) is 11.8. The van der Waals surface area contributed by atoms with E-state index in [1.54, 1.807) is 6.21 Å². The molecule has 0 bridgehead atoms. The molecule has 0 aromatic heterocycles. The maximum atomic E-state index is 11.8. The Labute approximate surface area is 130 Å². The predicted molar refractivity (Wildman–Crippen MR) is 88.1 cm³/mol. The van der Waals surface area contributed by atoms with Gasteiger partial charge in [-0.1, -0.05) is 49.4 Å². The summed E-state index contributed by atoms with van der Waals surface area (Å²) >= 11 is 0. The lowest BCUT2D eigenvalue weighted by Crippen LogP contribution is -2.19. The number of hydrazone groups is 1. The van der Waals surface area contributed by atoms with Crippen molar-refractivity contribution in [3.63, 3.8) is 0 Å². The Bertz CT molecular complexity index is 624. The number of amides is 1. The summed E-state index contributed by atoms with van der Waals surface area (Å²) in [5, 5.41) is 3.98. The molecule has 2 aromatic rings. The molecule has 0 atom stereocenters. The van der Waals surface area contributed by atoms with Gasteiger partial charge in [0.2, 0.25) is 5.91 Å². The second-order valence-electron chi connectivity index (χ2n) is 4.88. The number of benzene rings is 2. The van der Waals surface area contributed by atoms with E-state index in [1.165, 1.54) is 0 Å². The number of carbonyl (C=O) groups is 1. The van der Waals surface area contributed by atoms with Gasteiger partial charge in [0.25, 0.3) is 0 Å². The Morgan fingerprint density at radius 2 is 2.00 bits per heavy atom. The van der Waals surface area contributed by atoms with Crippen LogP contribution in [0.25, 0.3) is 0 Å². The van der Waals surface area contributed by atoms with Crippen molar-refractivity contribution in [2.24, 2.45) is 5.10 Å². The Balaban J connectivity index is 1.85. The summed E-state index contributed by atoms with van der Waals surface area (Å²) < 4.78 is 5.55. The van der Waals surface area contributed by atoms with Crippen molar-refractivity contribution in [2.45, 2.75) is 19.8 Å². The molecule has 0 fully saturated rings. The number of nitrogens with zero attached hydrogens (tertiary/aromatic N) is 1. The maximum absolute atomic E-state index is 11.8. The Morgan fingerprint density at radius 3 is 2.77 bits per heavy atom. The summed E-state index contributed by atoms with van der Waals surface area (Å²) in [6, 6.07) is 17.2. The zero-order valence-electron chi connectivity index (χ0n) is 12.7. The zero-order chi connectivity index (χ0) is 15.6. The van der Waals surface area contributed by atoms with Crippen molar-refractivity contribution >= 4 is 12.1 Å². The smallest absolute Gasteiger partial charge is 0.244 e. The van der Waals surface area contributed by atoms with Crippen LogP contribution in [0.1, 0.15) is 24.5 Å². The summed E-state index contributed by atoms with van der Waals surface area (Å²) in [6.45, 7) is 2.75. The average molecular weight is 296 g/mol. The maximum Gasteiger partial charge on any atom is 0.244 e. The normalized spacial score (nSPS) is 10.6. The molecule has 2 rings (SSSR count). The lowest BCUT2D eigenvalue weighted by Gasteiger charge is -2.04. The minimum absolute atomic E-state index is 0.138. The summed E-state index contributed by atoms with van der Waals surface area (Å²) in [5.41, 5.74) is 4.38. The fraction of sp³-hybridized carbons (Fsp3) is 0.222. The number of ether oxygens (including phenoxy) is 1. The molecule has 0 radical (unpaired) electrons. The molecule has 2 aromatic carbocycles. The van der Waals surface area contributed by atoms with E-state index in [-0.39, 0.29) is 5.91 Å². The highest BCUT2D eigenvalue weighted by Gasteiger charge is 2.00. The van der Waals surface area contributed by atoms with Crippen molar-refractivity contribution < 1.29 is 9.53 Å². The number of rotatable bonds is 7. The molecule has 0 aliphatic carbocycles. The minimum atomic E-state index is -0.138. The highest BCUT2D eigenvalue weighted by atomic mass is 16.5. The lowest BCUT2D eigenvalue weighted by molar-refractivity contribution is -0.120. The second kappa shape index (κ2) is 8.62. The van der Waals surface area contributed by atoms with E-state index in [1.807, 2.05) is 54.6 Å². The number of hydrogen-bond donors (Lipinski definition) is 1. The zero-order valence-corrected chi connectivity index (χ0v) is 12.7. The van der Waals surface area contributed by atoms with Crippen LogP contribution < -0.4 is 10.2 Å². The van der Waals surface area contributed by atoms with Gasteiger partial charge in [0.1, 0.15) is 5.75 Å². The van der Waals surface area contributed by atoms with E-state index >= 15 is 0 Å². The van der Waals surface area contributed by atoms with Crippen LogP contribution in [0.5, 0.6) is 5.75 Å². The molecule has 0 aliphatic heterocycles. The molecule has 4 heteroatoms. The van der Waals surface area contributed by atoms with Crippen LogP contribution in [0.4, 0.5) is 0 Å². The third kappa shape index (κ3) is 5.40. The quantitative estimate of drug-likeness (QED) is 0.630. The summed E-state index contributed by atoms with van der Waals surface area (Å²) in [7, 11) is 0. The molecule has 4 nitrogen and oxygen atoms in total. The van der Waals surface area contributed by atoms with Crippen molar-refractivity contribution in [3.05, 3.63) is 65.7 Å². The lowest BCUT2D eigenvalue weighted by atomic mass is 10.1. The van der Waals surface area contributed by atoms with E-state index in [9.17, 15) is 4.79 Å². The molecule has 0 saturated carbocycles. The van der Waals surface area contributed by atoms with Crippen molar-refractivity contribution in [2.75, 3.05) is 6.61 Å². The third-order valence-corrected chi connectivity index (χ3v) is 2.94.